The standard InChI is InChI=1S/C10H14OS2/c1-2-7-12-13-10-6-4-3-5-9(10)8-11/h3-6,11H,2,7-8H2,1H3. The Labute approximate surface area is 87.3 Å². The fourth-order valence-corrected chi connectivity index (χ4v) is 3.27. The zero-order valence-electron chi connectivity index (χ0n) is 7.69. The summed E-state index contributed by atoms with van der Waals surface area (Å²) >= 11 is 0. The number of hydrogen-bond donors (Lipinski definition) is 1. The number of rotatable bonds is 5. The monoisotopic (exact) mass is 214 g/mol. The number of aliphatic hydroxyl groups is 1. The predicted molar refractivity (Wildman–Crippen MR) is 61.0 cm³/mol. The molecule has 0 spiro atoms. The van der Waals surface area contributed by atoms with E-state index in [1.165, 1.54) is 11.3 Å². The van der Waals surface area contributed by atoms with Gasteiger partial charge in [-0.2, -0.15) is 0 Å². The van der Waals surface area contributed by atoms with Crippen LogP contribution in [0.4, 0.5) is 0 Å². The molecule has 72 valence electrons. The maximum atomic E-state index is 9.05. The van der Waals surface area contributed by atoms with Gasteiger partial charge in [-0.15, -0.1) is 0 Å². The van der Waals surface area contributed by atoms with Crippen LogP contribution in [0.25, 0.3) is 0 Å². The lowest BCUT2D eigenvalue weighted by Gasteiger charge is -2.04. The van der Waals surface area contributed by atoms with Crippen LogP contribution in [0.1, 0.15) is 18.9 Å². The highest BCUT2D eigenvalue weighted by atomic mass is 33.1. The molecule has 0 radical (unpaired) electrons. The average molecular weight is 214 g/mol. The summed E-state index contributed by atoms with van der Waals surface area (Å²) in [6.07, 6.45) is 1.19. The van der Waals surface area contributed by atoms with Gasteiger partial charge in [0.25, 0.3) is 0 Å². The minimum atomic E-state index is 0.135. The zero-order valence-corrected chi connectivity index (χ0v) is 9.33. The van der Waals surface area contributed by atoms with Crippen molar-refractivity contribution in [2.75, 3.05) is 5.75 Å². The fraction of sp³-hybridized carbons (Fsp3) is 0.400. The van der Waals surface area contributed by atoms with Gasteiger partial charge in [-0.3, -0.25) is 0 Å². The van der Waals surface area contributed by atoms with Crippen LogP contribution in [-0.2, 0) is 6.61 Å². The lowest BCUT2D eigenvalue weighted by molar-refractivity contribution is 0.279. The Morgan fingerprint density at radius 2 is 2.08 bits per heavy atom. The fourth-order valence-electron chi connectivity index (χ4n) is 0.904. The second-order valence-electron chi connectivity index (χ2n) is 2.67. The second-order valence-corrected chi connectivity index (χ2v) is 5.13. The highest BCUT2D eigenvalue weighted by Gasteiger charge is 2.00. The maximum Gasteiger partial charge on any atom is 0.0693 e. The molecule has 0 aliphatic carbocycles. The van der Waals surface area contributed by atoms with Gasteiger partial charge in [-0.1, -0.05) is 46.7 Å². The van der Waals surface area contributed by atoms with E-state index < -0.39 is 0 Å². The molecule has 0 saturated carbocycles. The van der Waals surface area contributed by atoms with Crippen molar-refractivity contribution in [3.8, 4) is 0 Å². The van der Waals surface area contributed by atoms with Crippen molar-refractivity contribution < 1.29 is 5.11 Å². The van der Waals surface area contributed by atoms with E-state index in [0.29, 0.717) is 0 Å². The lowest BCUT2D eigenvalue weighted by atomic mass is 10.2. The van der Waals surface area contributed by atoms with Crippen LogP contribution in [0.15, 0.2) is 29.2 Å². The third-order valence-corrected chi connectivity index (χ3v) is 4.24. The summed E-state index contributed by atoms with van der Waals surface area (Å²) in [5.74, 6) is 1.16. The van der Waals surface area contributed by atoms with Crippen LogP contribution in [-0.4, -0.2) is 10.9 Å². The molecule has 0 aromatic heterocycles. The van der Waals surface area contributed by atoms with Crippen molar-refractivity contribution in [1.82, 2.24) is 0 Å². The topological polar surface area (TPSA) is 20.2 Å². The molecule has 0 bridgehead atoms. The summed E-state index contributed by atoms with van der Waals surface area (Å²) in [5.41, 5.74) is 1.02. The van der Waals surface area contributed by atoms with Gasteiger partial charge in [-0.25, -0.2) is 0 Å². The Morgan fingerprint density at radius 3 is 2.77 bits per heavy atom. The van der Waals surface area contributed by atoms with Crippen molar-refractivity contribution in [2.24, 2.45) is 0 Å². The third kappa shape index (κ3) is 3.63. The van der Waals surface area contributed by atoms with Gasteiger partial charge in [0, 0.05) is 10.6 Å². The van der Waals surface area contributed by atoms with Crippen molar-refractivity contribution in [2.45, 2.75) is 24.8 Å². The van der Waals surface area contributed by atoms with Crippen LogP contribution in [0.5, 0.6) is 0 Å². The van der Waals surface area contributed by atoms with E-state index in [0.717, 1.165) is 11.3 Å². The third-order valence-electron chi connectivity index (χ3n) is 1.58. The average Bonchev–Trinajstić information content (AvgIpc) is 2.19. The molecule has 1 N–H and O–H groups in total. The quantitative estimate of drug-likeness (QED) is 0.600. The number of aliphatic hydroxyl groups excluding tert-OH is 1. The van der Waals surface area contributed by atoms with E-state index in [-0.39, 0.29) is 6.61 Å². The van der Waals surface area contributed by atoms with E-state index in [1.54, 1.807) is 10.8 Å². The summed E-state index contributed by atoms with van der Waals surface area (Å²) in [6.45, 7) is 2.31. The van der Waals surface area contributed by atoms with Gasteiger partial charge in [0.1, 0.15) is 0 Å². The van der Waals surface area contributed by atoms with Gasteiger partial charge in [-0.05, 0) is 18.1 Å². The molecular formula is C10H14OS2. The first kappa shape index (κ1) is 11.0. The molecule has 0 amide bonds. The van der Waals surface area contributed by atoms with Crippen molar-refractivity contribution in [1.29, 1.82) is 0 Å². The molecule has 0 saturated heterocycles. The molecule has 0 unspecified atom stereocenters. The Hall–Kier alpha value is -0.120. The SMILES string of the molecule is CCCSSc1ccccc1CO. The Balaban J connectivity index is 2.54. The molecule has 13 heavy (non-hydrogen) atoms. The van der Waals surface area contributed by atoms with Gasteiger partial charge < -0.3 is 5.11 Å². The van der Waals surface area contributed by atoms with Crippen LogP contribution >= 0.6 is 21.6 Å². The van der Waals surface area contributed by atoms with Crippen molar-refractivity contribution in [3.63, 3.8) is 0 Å². The van der Waals surface area contributed by atoms with E-state index in [1.807, 2.05) is 29.0 Å². The number of benzene rings is 1. The molecule has 0 aliphatic rings. The number of hydrogen-bond acceptors (Lipinski definition) is 3. The molecule has 1 aromatic rings. The van der Waals surface area contributed by atoms with Crippen molar-refractivity contribution in [3.05, 3.63) is 29.8 Å². The van der Waals surface area contributed by atoms with Gasteiger partial charge >= 0.3 is 0 Å². The molecule has 1 aromatic carbocycles. The molecule has 0 heterocycles. The van der Waals surface area contributed by atoms with Crippen LogP contribution in [0.2, 0.25) is 0 Å². The normalized spacial score (nSPS) is 10.3. The molecular weight excluding hydrogens is 200 g/mol. The molecule has 1 nitrogen and oxygen atoms in total. The van der Waals surface area contributed by atoms with Gasteiger partial charge in [0.2, 0.25) is 0 Å². The first-order chi connectivity index (χ1) is 6.38. The summed E-state index contributed by atoms with van der Waals surface area (Å²) < 4.78 is 0. The van der Waals surface area contributed by atoms with E-state index in [2.05, 4.69) is 13.0 Å². The molecule has 3 heteroatoms. The first-order valence-electron chi connectivity index (χ1n) is 4.36. The Kier molecular flexibility index (Phi) is 5.35. The minimum absolute atomic E-state index is 0.135. The van der Waals surface area contributed by atoms with Crippen LogP contribution in [0.3, 0.4) is 0 Å². The Morgan fingerprint density at radius 1 is 1.31 bits per heavy atom. The van der Waals surface area contributed by atoms with Gasteiger partial charge in [0.15, 0.2) is 0 Å². The van der Waals surface area contributed by atoms with Gasteiger partial charge in [0.05, 0.1) is 6.61 Å². The van der Waals surface area contributed by atoms with Crippen molar-refractivity contribution >= 4 is 21.6 Å². The summed E-state index contributed by atoms with van der Waals surface area (Å²) in [4.78, 5) is 1.18. The van der Waals surface area contributed by atoms with E-state index in [9.17, 15) is 0 Å². The summed E-state index contributed by atoms with van der Waals surface area (Å²) in [7, 11) is 3.59. The predicted octanol–water partition coefficient (Wildman–Crippen LogP) is 3.33. The lowest BCUT2D eigenvalue weighted by Crippen LogP contribution is -1.84. The highest BCUT2D eigenvalue weighted by Crippen LogP contribution is 2.33. The summed E-state index contributed by atoms with van der Waals surface area (Å²) in [6, 6.07) is 7.99. The highest BCUT2D eigenvalue weighted by molar-refractivity contribution is 8.76. The molecule has 0 aliphatic heterocycles. The second kappa shape index (κ2) is 6.35. The zero-order chi connectivity index (χ0) is 9.52. The largest absolute Gasteiger partial charge is 0.392 e. The van der Waals surface area contributed by atoms with E-state index in [4.69, 9.17) is 5.11 Å². The Bertz CT molecular complexity index is 250. The maximum absolute atomic E-state index is 9.05. The smallest absolute Gasteiger partial charge is 0.0693 e. The molecule has 0 fully saturated rings. The van der Waals surface area contributed by atoms with E-state index >= 15 is 0 Å². The molecule has 1 rings (SSSR count). The summed E-state index contributed by atoms with van der Waals surface area (Å²) in [5, 5.41) is 9.05. The van der Waals surface area contributed by atoms with Crippen LogP contribution < -0.4 is 0 Å². The molecule has 0 atom stereocenters. The first-order valence-corrected chi connectivity index (χ1v) is 6.68. The minimum Gasteiger partial charge on any atom is -0.392 e. The van der Waals surface area contributed by atoms with Crippen LogP contribution in [0, 0.1) is 0 Å².